The van der Waals surface area contributed by atoms with Gasteiger partial charge in [-0.05, 0) is 48.4 Å². The van der Waals surface area contributed by atoms with Gasteiger partial charge in [0.15, 0.2) is 5.75 Å². The number of rotatable bonds is 8. The molecule has 156 valence electrons. The summed E-state index contributed by atoms with van der Waals surface area (Å²) in [4.78, 5) is 12.7. The quantitative estimate of drug-likeness (QED) is 0.585. The summed E-state index contributed by atoms with van der Waals surface area (Å²) in [6.45, 7) is 0. The highest BCUT2D eigenvalue weighted by molar-refractivity contribution is 7.89. The van der Waals surface area contributed by atoms with E-state index in [1.54, 1.807) is 36.4 Å². The van der Waals surface area contributed by atoms with Crippen LogP contribution in [0, 0.1) is 0 Å². The maximum atomic E-state index is 12.4. The van der Waals surface area contributed by atoms with Gasteiger partial charge in [-0.2, -0.15) is 0 Å². The Balaban J connectivity index is 1.60. The van der Waals surface area contributed by atoms with Crippen LogP contribution in [0.3, 0.4) is 0 Å². The zero-order valence-electron chi connectivity index (χ0n) is 16.9. The molecule has 7 heteroatoms. The topological polar surface area (TPSA) is 75.7 Å². The molecule has 0 radical (unpaired) electrons. The zero-order valence-corrected chi connectivity index (χ0v) is 17.7. The van der Waals surface area contributed by atoms with Crippen molar-refractivity contribution < 1.29 is 17.9 Å². The summed E-state index contributed by atoms with van der Waals surface area (Å²) >= 11 is 0. The van der Waals surface area contributed by atoms with Crippen LogP contribution < -0.4 is 10.1 Å². The lowest BCUT2D eigenvalue weighted by Crippen LogP contribution is -2.22. The number of benzene rings is 3. The lowest BCUT2D eigenvalue weighted by atomic mass is 10.1. The van der Waals surface area contributed by atoms with Crippen LogP contribution in [0.4, 0.5) is 5.69 Å². The van der Waals surface area contributed by atoms with Gasteiger partial charge in [0, 0.05) is 20.5 Å². The van der Waals surface area contributed by atoms with E-state index in [-0.39, 0.29) is 17.2 Å². The molecule has 0 atom stereocenters. The third-order valence-corrected chi connectivity index (χ3v) is 6.30. The normalized spacial score (nSPS) is 11.3. The molecule has 1 amide bonds. The molecular formula is C23H24N2O4S. The number of carbonyl (C=O) groups is 1. The largest absolute Gasteiger partial charge is 0.455 e. The van der Waals surface area contributed by atoms with Gasteiger partial charge in [0.05, 0.1) is 10.6 Å². The molecule has 30 heavy (non-hydrogen) atoms. The fourth-order valence-corrected chi connectivity index (χ4v) is 3.69. The van der Waals surface area contributed by atoms with Crippen LogP contribution in [0.1, 0.15) is 12.0 Å². The van der Waals surface area contributed by atoms with Crippen LogP contribution in [0.5, 0.6) is 11.5 Å². The summed E-state index contributed by atoms with van der Waals surface area (Å²) in [5.74, 6) is 1.10. The monoisotopic (exact) mass is 424 g/mol. The van der Waals surface area contributed by atoms with E-state index in [4.69, 9.17) is 4.74 Å². The lowest BCUT2D eigenvalue weighted by Gasteiger charge is -2.13. The highest BCUT2D eigenvalue weighted by Gasteiger charge is 2.16. The van der Waals surface area contributed by atoms with E-state index < -0.39 is 10.0 Å². The molecule has 0 aromatic heterocycles. The van der Waals surface area contributed by atoms with Gasteiger partial charge in [-0.3, -0.25) is 4.79 Å². The molecular weight excluding hydrogens is 400 g/mol. The average Bonchev–Trinajstić information content (AvgIpc) is 2.74. The van der Waals surface area contributed by atoms with Gasteiger partial charge in [-0.25, -0.2) is 12.7 Å². The lowest BCUT2D eigenvalue weighted by molar-refractivity contribution is -0.116. The predicted octanol–water partition coefficient (Wildman–Crippen LogP) is 4.30. The number of ether oxygens (including phenoxy) is 1. The van der Waals surface area contributed by atoms with Crippen molar-refractivity contribution in [2.75, 3.05) is 19.4 Å². The Kier molecular flexibility index (Phi) is 6.87. The number of nitrogens with one attached hydrogen (secondary N) is 1. The van der Waals surface area contributed by atoms with E-state index in [1.165, 1.54) is 18.4 Å². The number of hydrogen-bond acceptors (Lipinski definition) is 4. The summed E-state index contributed by atoms with van der Waals surface area (Å²) in [7, 11) is -0.470. The van der Waals surface area contributed by atoms with Crippen LogP contribution in [-0.2, 0) is 21.2 Å². The second-order valence-electron chi connectivity index (χ2n) is 6.89. The SMILES string of the molecule is CN(C)S(=O)(=O)c1ccc(CCC(=O)Nc2ccccc2Oc2ccccc2)cc1. The summed E-state index contributed by atoms with van der Waals surface area (Å²) in [5, 5.41) is 2.89. The Morgan fingerprint density at radius 2 is 1.53 bits per heavy atom. The number of aryl methyl sites for hydroxylation is 1. The fraction of sp³-hybridized carbons (Fsp3) is 0.174. The first-order chi connectivity index (χ1) is 14.4. The first kappa shape index (κ1) is 21.5. The molecule has 0 fully saturated rings. The molecule has 6 nitrogen and oxygen atoms in total. The molecule has 0 aliphatic heterocycles. The van der Waals surface area contributed by atoms with Crippen molar-refractivity contribution in [3.8, 4) is 11.5 Å². The maximum absolute atomic E-state index is 12.4. The molecule has 0 bridgehead atoms. The summed E-state index contributed by atoms with van der Waals surface area (Å²) < 4.78 is 31.3. The molecule has 1 N–H and O–H groups in total. The van der Waals surface area contributed by atoms with Crippen molar-refractivity contribution in [2.45, 2.75) is 17.7 Å². The molecule has 3 aromatic carbocycles. The van der Waals surface area contributed by atoms with Crippen LogP contribution in [0.15, 0.2) is 83.8 Å². The van der Waals surface area contributed by atoms with E-state index in [0.717, 1.165) is 5.56 Å². The first-order valence-electron chi connectivity index (χ1n) is 9.49. The number of nitrogens with zero attached hydrogens (tertiary/aromatic N) is 1. The molecule has 0 saturated carbocycles. The van der Waals surface area contributed by atoms with Crippen LogP contribution in [-0.4, -0.2) is 32.7 Å². The number of amides is 1. The molecule has 0 unspecified atom stereocenters. The Morgan fingerprint density at radius 1 is 0.900 bits per heavy atom. The molecule has 0 aliphatic carbocycles. The number of anilines is 1. The fourth-order valence-electron chi connectivity index (χ4n) is 2.78. The zero-order chi connectivity index (χ0) is 21.6. The molecule has 0 saturated heterocycles. The third kappa shape index (κ3) is 5.46. The van der Waals surface area contributed by atoms with Gasteiger partial charge in [-0.1, -0.05) is 42.5 Å². The van der Waals surface area contributed by atoms with Gasteiger partial charge in [0.25, 0.3) is 0 Å². The molecule has 0 aliphatic rings. The van der Waals surface area contributed by atoms with Crippen molar-refractivity contribution in [1.82, 2.24) is 4.31 Å². The van der Waals surface area contributed by atoms with Crippen molar-refractivity contribution in [2.24, 2.45) is 0 Å². The first-order valence-corrected chi connectivity index (χ1v) is 10.9. The van der Waals surface area contributed by atoms with Gasteiger partial charge >= 0.3 is 0 Å². The number of hydrogen-bond donors (Lipinski definition) is 1. The predicted molar refractivity (Wildman–Crippen MR) is 117 cm³/mol. The molecule has 3 aromatic rings. The Labute approximate surface area is 177 Å². The Morgan fingerprint density at radius 3 is 2.20 bits per heavy atom. The van der Waals surface area contributed by atoms with Gasteiger partial charge < -0.3 is 10.1 Å². The van der Waals surface area contributed by atoms with E-state index in [9.17, 15) is 13.2 Å². The van der Waals surface area contributed by atoms with E-state index in [1.807, 2.05) is 42.5 Å². The van der Waals surface area contributed by atoms with Gasteiger partial charge in [0.2, 0.25) is 15.9 Å². The summed E-state index contributed by atoms with van der Waals surface area (Å²) in [5.41, 5.74) is 1.48. The van der Waals surface area contributed by atoms with Crippen molar-refractivity contribution >= 4 is 21.6 Å². The summed E-state index contributed by atoms with van der Waals surface area (Å²) in [6.07, 6.45) is 0.759. The minimum absolute atomic E-state index is 0.149. The van der Waals surface area contributed by atoms with Gasteiger partial charge in [0.1, 0.15) is 5.75 Å². The van der Waals surface area contributed by atoms with Gasteiger partial charge in [-0.15, -0.1) is 0 Å². The van der Waals surface area contributed by atoms with Crippen molar-refractivity contribution in [1.29, 1.82) is 0 Å². The maximum Gasteiger partial charge on any atom is 0.242 e. The van der Waals surface area contributed by atoms with Crippen molar-refractivity contribution in [3.05, 3.63) is 84.4 Å². The molecule has 3 rings (SSSR count). The van der Waals surface area contributed by atoms with Crippen LogP contribution >= 0.6 is 0 Å². The number of carbonyl (C=O) groups excluding carboxylic acids is 1. The highest BCUT2D eigenvalue weighted by Crippen LogP contribution is 2.29. The van der Waals surface area contributed by atoms with E-state index >= 15 is 0 Å². The standard InChI is InChI=1S/C23H24N2O4S/c1-25(2)30(27,28)20-15-12-18(13-16-20)14-17-23(26)24-21-10-6-7-11-22(21)29-19-8-4-3-5-9-19/h3-13,15-16H,14,17H2,1-2H3,(H,24,26). The number of sulfonamides is 1. The highest BCUT2D eigenvalue weighted by atomic mass is 32.2. The Bertz CT molecular complexity index is 1100. The molecule has 0 heterocycles. The van der Waals surface area contributed by atoms with E-state index in [0.29, 0.717) is 23.6 Å². The minimum atomic E-state index is -3.46. The third-order valence-electron chi connectivity index (χ3n) is 4.47. The Hall–Kier alpha value is -3.16. The van der Waals surface area contributed by atoms with Crippen LogP contribution in [0.25, 0.3) is 0 Å². The summed E-state index contributed by atoms with van der Waals surface area (Å²) in [6, 6.07) is 23.2. The van der Waals surface area contributed by atoms with Crippen molar-refractivity contribution in [3.63, 3.8) is 0 Å². The minimum Gasteiger partial charge on any atom is -0.455 e. The molecule has 0 spiro atoms. The average molecular weight is 425 g/mol. The second-order valence-corrected chi connectivity index (χ2v) is 9.04. The number of para-hydroxylation sites is 3. The van der Waals surface area contributed by atoms with E-state index in [2.05, 4.69) is 5.32 Å². The smallest absolute Gasteiger partial charge is 0.242 e. The second kappa shape index (κ2) is 9.56. The van der Waals surface area contributed by atoms with Crippen LogP contribution in [0.2, 0.25) is 0 Å².